The molecule has 0 aromatic rings. The summed E-state index contributed by atoms with van der Waals surface area (Å²) in [5.41, 5.74) is 0. The van der Waals surface area contributed by atoms with Gasteiger partial charge in [0, 0.05) is 28.3 Å². The molecule has 0 rings (SSSR count). The molecular formula is H8AlO2Si2. The molecule has 0 unspecified atom stereocenters. The summed E-state index contributed by atoms with van der Waals surface area (Å²) >= 11 is 0. The quantitative estimate of drug-likeness (QED) is 0.296. The van der Waals surface area contributed by atoms with Crippen LogP contribution >= 0.6 is 0 Å². The van der Waals surface area contributed by atoms with Crippen molar-refractivity contribution in [2.45, 2.75) is 0 Å². The monoisotopic (exact) mass is 123 g/mol. The summed E-state index contributed by atoms with van der Waals surface area (Å²) in [6, 6.07) is 0. The van der Waals surface area contributed by atoms with Crippen LogP contribution in [0.4, 0.5) is 0 Å². The molecule has 0 aliphatic heterocycles. The highest BCUT2D eigenvalue weighted by Crippen LogP contribution is -0.288. The second-order valence-corrected chi connectivity index (χ2v) is 0. The normalized spacial score (nSPS) is 0. The van der Waals surface area contributed by atoms with E-state index in [0.717, 1.165) is 0 Å². The van der Waals surface area contributed by atoms with Gasteiger partial charge in [0.1, 0.15) is 0 Å². The molecule has 0 saturated carbocycles. The standard InChI is InChI=1S/Al.2H2O.H4Si.Si/h;2*1H2;1H4;. The van der Waals surface area contributed by atoms with E-state index in [1.165, 1.54) is 0 Å². The van der Waals surface area contributed by atoms with Gasteiger partial charge in [-0.05, 0) is 11.0 Å². The van der Waals surface area contributed by atoms with Gasteiger partial charge < -0.3 is 11.0 Å². The number of rotatable bonds is 0. The van der Waals surface area contributed by atoms with Gasteiger partial charge in [-0.25, -0.2) is 0 Å². The summed E-state index contributed by atoms with van der Waals surface area (Å²) in [7, 11) is 0. The van der Waals surface area contributed by atoms with E-state index in [9.17, 15) is 0 Å². The Balaban J connectivity index is 0. The predicted octanol–water partition coefficient (Wildman–Crippen LogP) is -3.86. The Labute approximate surface area is 50.8 Å². The van der Waals surface area contributed by atoms with Gasteiger partial charge in [-0.2, -0.15) is 0 Å². The zero-order chi connectivity index (χ0) is 0. The van der Waals surface area contributed by atoms with E-state index in [1.54, 1.807) is 0 Å². The van der Waals surface area contributed by atoms with E-state index in [-0.39, 0.29) is 50.2 Å². The molecule has 5 heavy (non-hydrogen) atoms. The second-order valence-electron chi connectivity index (χ2n) is 0. The largest absolute Gasteiger partial charge is 0.412 e. The molecule has 4 N–H and O–H groups in total. The highest BCUT2D eigenvalue weighted by molar-refractivity contribution is 5.76. The van der Waals surface area contributed by atoms with Crippen molar-refractivity contribution in [3.63, 3.8) is 0 Å². The zero-order valence-corrected chi connectivity index (χ0v) is 4.23. The minimum absolute atomic E-state index is 0. The number of hydrogen-bond acceptors (Lipinski definition) is 0. The fourth-order valence-electron chi connectivity index (χ4n) is 0. The maximum Gasteiger partial charge on any atom is 0 e. The first-order chi connectivity index (χ1) is 0. The maximum absolute atomic E-state index is 0. The van der Waals surface area contributed by atoms with Crippen LogP contribution in [0.5, 0.6) is 0 Å². The lowest BCUT2D eigenvalue weighted by atomic mass is 16.0. The molecule has 0 amide bonds. The summed E-state index contributed by atoms with van der Waals surface area (Å²) in [4.78, 5) is 0. The Kier molecular flexibility index (Phi) is 3360. The highest BCUT2D eigenvalue weighted by atomic mass is 28.1. The molecule has 0 saturated heterocycles. The molecule has 0 aliphatic carbocycles. The Bertz CT molecular complexity index is 7.61. The van der Waals surface area contributed by atoms with Crippen LogP contribution in [0.25, 0.3) is 0 Å². The summed E-state index contributed by atoms with van der Waals surface area (Å²) in [5, 5.41) is 0. The van der Waals surface area contributed by atoms with Gasteiger partial charge in [0.05, 0.1) is 0 Å². The SMILES string of the molecule is O.O.[Al].[SiH4].[Si]. The lowest BCUT2D eigenvalue weighted by molar-refractivity contribution is 0.823. The van der Waals surface area contributed by atoms with Crippen molar-refractivity contribution in [3.8, 4) is 0 Å². The van der Waals surface area contributed by atoms with Crippen LogP contribution in [-0.2, 0) is 0 Å². The van der Waals surface area contributed by atoms with Crippen LogP contribution in [0.2, 0.25) is 0 Å². The zero-order valence-electron chi connectivity index (χ0n) is 2.08. The smallest absolute Gasteiger partial charge is 0 e. The molecular weight excluding hydrogens is 115 g/mol. The molecule has 0 atom stereocenters. The van der Waals surface area contributed by atoms with Gasteiger partial charge in [-0.15, -0.1) is 0 Å². The first kappa shape index (κ1) is 179. The third-order valence-electron chi connectivity index (χ3n) is 0. The van der Waals surface area contributed by atoms with E-state index in [4.69, 9.17) is 0 Å². The average molecular weight is 123 g/mol. The molecule has 0 heterocycles. The van der Waals surface area contributed by atoms with Crippen LogP contribution in [0.1, 0.15) is 0 Å². The Morgan fingerprint density at radius 1 is 0.800 bits per heavy atom. The van der Waals surface area contributed by atoms with Crippen LogP contribution < -0.4 is 0 Å². The molecule has 7 radical (unpaired) electrons. The van der Waals surface area contributed by atoms with Crippen molar-refractivity contribution in [1.29, 1.82) is 0 Å². The maximum atomic E-state index is 0. The highest BCUT2D eigenvalue weighted by Gasteiger charge is 0.00114. The predicted molar refractivity (Wildman–Crippen MR) is 30.1 cm³/mol. The molecule has 0 aromatic carbocycles. The third-order valence-corrected chi connectivity index (χ3v) is 0. The molecule has 5 heteroatoms. The van der Waals surface area contributed by atoms with Gasteiger partial charge in [0.15, 0.2) is 0 Å². The van der Waals surface area contributed by atoms with Crippen molar-refractivity contribution >= 4 is 39.3 Å². The van der Waals surface area contributed by atoms with Crippen LogP contribution in [0, 0.1) is 0 Å². The summed E-state index contributed by atoms with van der Waals surface area (Å²) in [6.07, 6.45) is 0. The van der Waals surface area contributed by atoms with Crippen molar-refractivity contribution in [2.24, 2.45) is 0 Å². The summed E-state index contributed by atoms with van der Waals surface area (Å²) < 4.78 is 0. The molecule has 0 aliphatic rings. The molecule has 0 spiro atoms. The fourth-order valence-corrected chi connectivity index (χ4v) is 0. The van der Waals surface area contributed by atoms with Gasteiger partial charge in [-0.1, -0.05) is 0 Å². The molecule has 31 valence electrons. The average Bonchev–Trinajstić information content (AvgIpc) is 0. The van der Waals surface area contributed by atoms with Crippen molar-refractivity contribution < 1.29 is 11.0 Å². The van der Waals surface area contributed by atoms with Crippen LogP contribution in [0.3, 0.4) is 0 Å². The van der Waals surface area contributed by atoms with E-state index in [0.29, 0.717) is 0 Å². The van der Waals surface area contributed by atoms with Gasteiger partial charge in [0.2, 0.25) is 0 Å². The number of hydrogen-bond donors (Lipinski definition) is 0. The first-order valence-corrected chi connectivity index (χ1v) is 0. The molecule has 0 aromatic heterocycles. The molecule has 2 nitrogen and oxygen atoms in total. The lowest BCUT2D eigenvalue weighted by Gasteiger charge is -0.413. The minimum atomic E-state index is 0. The fraction of sp³-hybridized carbons (Fsp3) is 0. The van der Waals surface area contributed by atoms with Crippen molar-refractivity contribution in [1.82, 2.24) is 0 Å². The van der Waals surface area contributed by atoms with E-state index < -0.39 is 0 Å². The second kappa shape index (κ2) is 94.0. The van der Waals surface area contributed by atoms with E-state index >= 15 is 0 Å². The van der Waals surface area contributed by atoms with Gasteiger partial charge in [-0.3, -0.25) is 0 Å². The third kappa shape index (κ3) is 51.8. The van der Waals surface area contributed by atoms with Crippen molar-refractivity contribution in [2.75, 3.05) is 0 Å². The Morgan fingerprint density at radius 2 is 0.800 bits per heavy atom. The molecule has 0 bridgehead atoms. The van der Waals surface area contributed by atoms with Gasteiger partial charge >= 0.3 is 0 Å². The van der Waals surface area contributed by atoms with Gasteiger partial charge in [0.25, 0.3) is 0 Å². The van der Waals surface area contributed by atoms with E-state index in [2.05, 4.69) is 0 Å². The van der Waals surface area contributed by atoms with E-state index in [1.807, 2.05) is 0 Å². The summed E-state index contributed by atoms with van der Waals surface area (Å²) in [6.45, 7) is 0. The van der Waals surface area contributed by atoms with Crippen LogP contribution in [0.15, 0.2) is 0 Å². The summed E-state index contributed by atoms with van der Waals surface area (Å²) in [5.74, 6) is 0. The molecule has 0 fully saturated rings. The minimum Gasteiger partial charge on any atom is -0.412 e. The van der Waals surface area contributed by atoms with Crippen molar-refractivity contribution in [3.05, 3.63) is 0 Å². The first-order valence-electron chi connectivity index (χ1n) is 0. The van der Waals surface area contributed by atoms with Crippen LogP contribution in [-0.4, -0.2) is 50.2 Å². The lowest BCUT2D eigenvalue weighted by Crippen LogP contribution is -0.382. The Morgan fingerprint density at radius 3 is 0.800 bits per heavy atom. The Hall–Kier alpha value is 0.886. The topological polar surface area (TPSA) is 63.0 Å².